The lowest BCUT2D eigenvalue weighted by atomic mass is 10.2. The van der Waals surface area contributed by atoms with Gasteiger partial charge in [-0.2, -0.15) is 4.31 Å². The summed E-state index contributed by atoms with van der Waals surface area (Å²) in [6.07, 6.45) is 1.17. The predicted molar refractivity (Wildman–Crippen MR) is 77.6 cm³/mol. The lowest BCUT2D eigenvalue weighted by Crippen LogP contribution is -2.53. The predicted octanol–water partition coefficient (Wildman–Crippen LogP) is 1.58. The molecule has 0 radical (unpaired) electrons. The van der Waals surface area contributed by atoms with Gasteiger partial charge in [-0.15, -0.1) is 0 Å². The zero-order valence-electron chi connectivity index (χ0n) is 11.1. The fourth-order valence-electron chi connectivity index (χ4n) is 2.88. The zero-order valence-corrected chi connectivity index (χ0v) is 13.5. The molecule has 8 heteroatoms. The molecule has 1 amide bonds. The van der Waals surface area contributed by atoms with Gasteiger partial charge in [-0.1, -0.05) is 0 Å². The molecule has 1 aromatic carbocycles. The number of carbonyl (C=O) groups is 1. The SMILES string of the molecule is O=C1CCC2CN(S(=O)(=O)c3ccc(F)cc3Br)CCN12. The highest BCUT2D eigenvalue weighted by atomic mass is 79.9. The van der Waals surface area contributed by atoms with Crippen molar-refractivity contribution in [3.8, 4) is 0 Å². The van der Waals surface area contributed by atoms with E-state index in [1.165, 1.54) is 10.4 Å². The Morgan fingerprint density at radius 1 is 1.29 bits per heavy atom. The number of rotatable bonds is 2. The van der Waals surface area contributed by atoms with Gasteiger partial charge in [0.05, 0.1) is 4.90 Å². The quantitative estimate of drug-likeness (QED) is 0.787. The first-order valence-corrected chi connectivity index (χ1v) is 8.87. The van der Waals surface area contributed by atoms with Gasteiger partial charge < -0.3 is 4.90 Å². The molecule has 2 aliphatic rings. The van der Waals surface area contributed by atoms with Crippen LogP contribution in [0.5, 0.6) is 0 Å². The monoisotopic (exact) mass is 376 g/mol. The van der Waals surface area contributed by atoms with Gasteiger partial charge in [0.25, 0.3) is 0 Å². The summed E-state index contributed by atoms with van der Waals surface area (Å²) in [4.78, 5) is 13.4. The van der Waals surface area contributed by atoms with Crippen molar-refractivity contribution in [3.05, 3.63) is 28.5 Å². The van der Waals surface area contributed by atoms with Gasteiger partial charge in [0.1, 0.15) is 5.82 Å². The number of piperazine rings is 1. The minimum atomic E-state index is -3.68. The van der Waals surface area contributed by atoms with E-state index in [9.17, 15) is 17.6 Å². The van der Waals surface area contributed by atoms with Crippen molar-refractivity contribution >= 4 is 31.9 Å². The second kappa shape index (κ2) is 5.33. The Morgan fingerprint density at radius 3 is 2.76 bits per heavy atom. The van der Waals surface area contributed by atoms with Gasteiger partial charge in [-0.3, -0.25) is 4.79 Å². The van der Waals surface area contributed by atoms with Crippen LogP contribution in [0.4, 0.5) is 4.39 Å². The molecule has 0 bridgehead atoms. The van der Waals surface area contributed by atoms with Gasteiger partial charge in [0.15, 0.2) is 0 Å². The molecule has 1 unspecified atom stereocenters. The van der Waals surface area contributed by atoms with Crippen LogP contribution in [-0.4, -0.2) is 49.2 Å². The van der Waals surface area contributed by atoms with Crippen molar-refractivity contribution in [1.29, 1.82) is 0 Å². The number of amides is 1. The van der Waals surface area contributed by atoms with Crippen LogP contribution in [0.3, 0.4) is 0 Å². The fraction of sp³-hybridized carbons (Fsp3) is 0.462. The molecule has 2 saturated heterocycles. The summed E-state index contributed by atoms with van der Waals surface area (Å²) in [6, 6.07) is 3.50. The summed E-state index contributed by atoms with van der Waals surface area (Å²) in [5, 5.41) is 0. The smallest absolute Gasteiger partial charge is 0.244 e. The molecule has 1 atom stereocenters. The Kier molecular flexibility index (Phi) is 3.79. The van der Waals surface area contributed by atoms with Gasteiger partial charge in [-0.05, 0) is 40.5 Å². The van der Waals surface area contributed by atoms with Gasteiger partial charge in [0.2, 0.25) is 15.9 Å². The summed E-state index contributed by atoms with van der Waals surface area (Å²) >= 11 is 3.11. The molecule has 5 nitrogen and oxygen atoms in total. The lowest BCUT2D eigenvalue weighted by molar-refractivity contribution is -0.130. The Hall–Kier alpha value is -0.990. The summed E-state index contributed by atoms with van der Waals surface area (Å²) in [7, 11) is -3.68. The average molecular weight is 377 g/mol. The summed E-state index contributed by atoms with van der Waals surface area (Å²) < 4.78 is 40.0. The molecule has 2 fully saturated rings. The van der Waals surface area contributed by atoms with Crippen LogP contribution < -0.4 is 0 Å². The van der Waals surface area contributed by atoms with E-state index in [1.807, 2.05) is 0 Å². The van der Waals surface area contributed by atoms with E-state index in [1.54, 1.807) is 4.90 Å². The zero-order chi connectivity index (χ0) is 15.2. The molecule has 0 spiro atoms. The first kappa shape index (κ1) is 14.9. The van der Waals surface area contributed by atoms with E-state index in [-0.39, 0.29) is 27.9 Å². The van der Waals surface area contributed by atoms with Crippen LogP contribution in [0.1, 0.15) is 12.8 Å². The second-order valence-electron chi connectivity index (χ2n) is 5.22. The highest BCUT2D eigenvalue weighted by molar-refractivity contribution is 9.10. The summed E-state index contributed by atoms with van der Waals surface area (Å²) in [5.41, 5.74) is 0. The molecular weight excluding hydrogens is 363 g/mol. The Bertz CT molecular complexity index is 695. The molecule has 21 heavy (non-hydrogen) atoms. The number of halogens is 2. The molecule has 114 valence electrons. The first-order chi connectivity index (χ1) is 9.89. The largest absolute Gasteiger partial charge is 0.337 e. The van der Waals surface area contributed by atoms with Gasteiger partial charge >= 0.3 is 0 Å². The maximum atomic E-state index is 13.1. The van der Waals surface area contributed by atoms with Crippen molar-refractivity contribution in [3.63, 3.8) is 0 Å². The van der Waals surface area contributed by atoms with Crippen LogP contribution in [0.2, 0.25) is 0 Å². The summed E-state index contributed by atoms with van der Waals surface area (Å²) in [6.45, 7) is 0.994. The first-order valence-electron chi connectivity index (χ1n) is 6.64. The molecular formula is C13H14BrFN2O3S. The minimum Gasteiger partial charge on any atom is -0.337 e. The van der Waals surface area contributed by atoms with E-state index in [4.69, 9.17) is 0 Å². The highest BCUT2D eigenvalue weighted by Crippen LogP contribution is 2.30. The molecule has 2 aliphatic heterocycles. The molecule has 0 N–H and O–H groups in total. The molecule has 0 aromatic heterocycles. The lowest BCUT2D eigenvalue weighted by Gasteiger charge is -2.36. The standard InChI is InChI=1S/C13H14BrFN2O3S/c14-11-7-9(15)1-3-12(11)21(19,20)16-5-6-17-10(8-16)2-4-13(17)18/h1,3,7,10H,2,4-6,8H2. The van der Waals surface area contributed by atoms with Crippen molar-refractivity contribution in [2.45, 2.75) is 23.8 Å². The van der Waals surface area contributed by atoms with E-state index in [0.29, 0.717) is 25.9 Å². The Balaban J connectivity index is 1.87. The average Bonchev–Trinajstić information content (AvgIpc) is 2.79. The van der Waals surface area contributed by atoms with E-state index in [0.717, 1.165) is 12.1 Å². The third kappa shape index (κ3) is 2.60. The highest BCUT2D eigenvalue weighted by Gasteiger charge is 2.40. The molecule has 2 heterocycles. The van der Waals surface area contributed by atoms with Crippen molar-refractivity contribution < 1.29 is 17.6 Å². The number of hydrogen-bond acceptors (Lipinski definition) is 3. The van der Waals surface area contributed by atoms with E-state index >= 15 is 0 Å². The maximum absolute atomic E-state index is 13.1. The van der Waals surface area contributed by atoms with Crippen LogP contribution in [0.15, 0.2) is 27.6 Å². The van der Waals surface area contributed by atoms with Crippen molar-refractivity contribution in [1.82, 2.24) is 9.21 Å². The molecule has 0 saturated carbocycles. The second-order valence-corrected chi connectivity index (χ2v) is 7.98. The van der Waals surface area contributed by atoms with E-state index in [2.05, 4.69) is 15.9 Å². The Labute approximate surface area is 130 Å². The van der Waals surface area contributed by atoms with Crippen LogP contribution in [-0.2, 0) is 14.8 Å². The Morgan fingerprint density at radius 2 is 2.05 bits per heavy atom. The minimum absolute atomic E-state index is 0.0414. The topological polar surface area (TPSA) is 57.7 Å². The van der Waals surface area contributed by atoms with Crippen LogP contribution in [0.25, 0.3) is 0 Å². The number of nitrogens with zero attached hydrogens (tertiary/aromatic N) is 2. The molecule has 0 aliphatic carbocycles. The third-order valence-corrected chi connectivity index (χ3v) is 6.81. The van der Waals surface area contributed by atoms with Crippen LogP contribution >= 0.6 is 15.9 Å². The number of benzene rings is 1. The van der Waals surface area contributed by atoms with Gasteiger partial charge in [0, 0.05) is 36.6 Å². The van der Waals surface area contributed by atoms with Crippen molar-refractivity contribution in [2.75, 3.05) is 19.6 Å². The van der Waals surface area contributed by atoms with Crippen LogP contribution in [0, 0.1) is 5.82 Å². The van der Waals surface area contributed by atoms with E-state index < -0.39 is 15.8 Å². The third-order valence-electron chi connectivity index (χ3n) is 3.97. The maximum Gasteiger partial charge on any atom is 0.244 e. The molecule has 1 aromatic rings. The number of fused-ring (bicyclic) bond motifs is 1. The normalized spacial score (nSPS) is 23.4. The number of hydrogen-bond donors (Lipinski definition) is 0. The number of sulfonamides is 1. The molecule has 3 rings (SSSR count). The summed E-state index contributed by atoms with van der Waals surface area (Å²) in [5.74, 6) is -0.396. The van der Waals surface area contributed by atoms with Crippen molar-refractivity contribution in [2.24, 2.45) is 0 Å². The van der Waals surface area contributed by atoms with Gasteiger partial charge in [-0.25, -0.2) is 12.8 Å². The number of carbonyl (C=O) groups excluding carboxylic acids is 1. The fourth-order valence-corrected chi connectivity index (χ4v) is 5.36.